The van der Waals surface area contributed by atoms with Gasteiger partial charge in [-0.15, -0.1) is 0 Å². The number of carbonyl (C=O) groups is 4. The van der Waals surface area contributed by atoms with Crippen molar-refractivity contribution in [2.75, 3.05) is 32.8 Å². The number of esters is 3. The van der Waals surface area contributed by atoms with Crippen LogP contribution in [0.5, 0.6) is 0 Å². The molecule has 1 aromatic carbocycles. The molecule has 0 saturated carbocycles. The van der Waals surface area contributed by atoms with Crippen LogP contribution in [0.3, 0.4) is 0 Å². The summed E-state index contributed by atoms with van der Waals surface area (Å²) < 4.78 is 13.8. The van der Waals surface area contributed by atoms with Crippen molar-refractivity contribution in [3.05, 3.63) is 29.8 Å². The molecule has 8 nitrogen and oxygen atoms in total. The number of ether oxygens (including phenoxy) is 3. The first-order chi connectivity index (χ1) is 11.4. The molecule has 0 aliphatic rings. The Morgan fingerprint density at radius 3 is 1.92 bits per heavy atom. The number of hydrogen-bond donors (Lipinski definition) is 0. The molecule has 24 heavy (non-hydrogen) atoms. The summed E-state index contributed by atoms with van der Waals surface area (Å²) in [5.41, 5.74) is 0.699. The van der Waals surface area contributed by atoms with E-state index in [1.165, 1.54) is 31.3 Å². The molecule has 1 aromatic rings. The predicted octanol–water partition coefficient (Wildman–Crippen LogP) is 0.788. The first kappa shape index (κ1) is 19.1. The third-order valence-corrected chi connectivity index (χ3v) is 3.22. The summed E-state index contributed by atoms with van der Waals surface area (Å²) in [4.78, 5) is 48.4. The highest BCUT2D eigenvalue weighted by Crippen LogP contribution is 2.18. The van der Waals surface area contributed by atoms with Crippen LogP contribution >= 0.6 is 0 Å². The summed E-state index contributed by atoms with van der Waals surface area (Å²) in [5, 5.41) is 0. The van der Waals surface area contributed by atoms with E-state index in [9.17, 15) is 19.2 Å². The predicted molar refractivity (Wildman–Crippen MR) is 83.3 cm³/mol. The lowest BCUT2D eigenvalue weighted by molar-refractivity contribution is -0.161. The van der Waals surface area contributed by atoms with Crippen molar-refractivity contribution in [3.8, 4) is 0 Å². The van der Waals surface area contributed by atoms with Crippen LogP contribution in [0, 0.1) is 5.92 Å². The number of hydrogen-bond acceptors (Lipinski definition) is 7. The van der Waals surface area contributed by atoms with Crippen LogP contribution in [0.2, 0.25) is 0 Å². The van der Waals surface area contributed by atoms with Crippen molar-refractivity contribution in [1.82, 2.24) is 0 Å². The fourth-order valence-corrected chi connectivity index (χ4v) is 1.89. The van der Waals surface area contributed by atoms with E-state index in [4.69, 9.17) is 4.74 Å². The summed E-state index contributed by atoms with van der Waals surface area (Å²) in [6.07, 6.45) is 0. The number of anilines is 1. The number of rotatable bonds is 6. The lowest BCUT2D eigenvalue weighted by atomic mass is 10.1. The third-order valence-electron chi connectivity index (χ3n) is 3.22. The second-order valence-corrected chi connectivity index (χ2v) is 4.64. The van der Waals surface area contributed by atoms with Crippen LogP contribution in [-0.4, -0.2) is 51.7 Å². The highest BCUT2D eigenvalue weighted by Gasteiger charge is 2.38. The molecule has 0 heterocycles. The molecule has 0 fully saturated rings. The molecule has 0 bridgehead atoms. The highest BCUT2D eigenvalue weighted by atomic mass is 16.5. The summed E-state index contributed by atoms with van der Waals surface area (Å²) in [6.45, 7) is 1.94. The SMILES string of the molecule is CCOC(=O)c1ccc(N(C)C(=O)C(C(=O)OC)C(=O)OC)cc1. The topological polar surface area (TPSA) is 99.2 Å². The lowest BCUT2D eigenvalue weighted by Gasteiger charge is -2.21. The zero-order valence-electron chi connectivity index (χ0n) is 13.9. The van der Waals surface area contributed by atoms with Crippen molar-refractivity contribution < 1.29 is 33.4 Å². The van der Waals surface area contributed by atoms with Gasteiger partial charge >= 0.3 is 17.9 Å². The molecule has 0 unspecified atom stereocenters. The van der Waals surface area contributed by atoms with Gasteiger partial charge in [-0.05, 0) is 31.2 Å². The summed E-state index contributed by atoms with van der Waals surface area (Å²) >= 11 is 0. The van der Waals surface area contributed by atoms with Crippen molar-refractivity contribution in [2.24, 2.45) is 5.92 Å². The Morgan fingerprint density at radius 2 is 1.50 bits per heavy atom. The first-order valence-corrected chi connectivity index (χ1v) is 7.07. The molecule has 0 spiro atoms. The minimum absolute atomic E-state index is 0.249. The molecule has 0 aliphatic heterocycles. The lowest BCUT2D eigenvalue weighted by Crippen LogP contribution is -2.42. The zero-order chi connectivity index (χ0) is 18.3. The van der Waals surface area contributed by atoms with E-state index in [2.05, 4.69) is 9.47 Å². The molecule has 0 N–H and O–H groups in total. The van der Waals surface area contributed by atoms with Crippen LogP contribution in [-0.2, 0) is 28.6 Å². The van der Waals surface area contributed by atoms with E-state index < -0.39 is 29.7 Å². The van der Waals surface area contributed by atoms with Crippen LogP contribution in [0.4, 0.5) is 5.69 Å². The van der Waals surface area contributed by atoms with Gasteiger partial charge in [0.1, 0.15) is 0 Å². The first-order valence-electron chi connectivity index (χ1n) is 7.07. The standard InChI is InChI=1S/C16H19NO7/c1-5-24-14(19)10-6-8-11(9-7-10)17(2)13(18)12(15(20)22-3)16(21)23-4/h6-9,12H,5H2,1-4H3. The van der Waals surface area contributed by atoms with E-state index in [0.29, 0.717) is 11.3 Å². The normalized spacial score (nSPS) is 10.0. The molecular weight excluding hydrogens is 318 g/mol. The van der Waals surface area contributed by atoms with Gasteiger partial charge in [0.05, 0.1) is 26.4 Å². The van der Waals surface area contributed by atoms with Gasteiger partial charge in [0.2, 0.25) is 5.92 Å². The minimum Gasteiger partial charge on any atom is -0.468 e. The summed E-state index contributed by atoms with van der Waals surface area (Å²) in [7, 11) is 3.53. The van der Waals surface area contributed by atoms with Gasteiger partial charge in [0, 0.05) is 12.7 Å². The Morgan fingerprint density at radius 1 is 1.00 bits per heavy atom. The van der Waals surface area contributed by atoms with Crippen LogP contribution < -0.4 is 4.90 Å². The molecular formula is C16H19NO7. The van der Waals surface area contributed by atoms with Gasteiger partial charge in [-0.3, -0.25) is 14.4 Å². The fourth-order valence-electron chi connectivity index (χ4n) is 1.89. The van der Waals surface area contributed by atoms with Gasteiger partial charge in [-0.25, -0.2) is 4.79 Å². The van der Waals surface area contributed by atoms with Gasteiger partial charge in [0.25, 0.3) is 5.91 Å². The van der Waals surface area contributed by atoms with E-state index in [1.54, 1.807) is 6.92 Å². The maximum absolute atomic E-state index is 12.4. The average Bonchev–Trinajstić information content (AvgIpc) is 2.60. The number of carbonyl (C=O) groups excluding carboxylic acids is 4. The quantitative estimate of drug-likeness (QED) is 0.430. The molecule has 0 aromatic heterocycles. The van der Waals surface area contributed by atoms with Crippen molar-refractivity contribution in [3.63, 3.8) is 0 Å². The Labute approximate surface area is 139 Å². The van der Waals surface area contributed by atoms with Crippen molar-refractivity contribution in [1.29, 1.82) is 0 Å². The zero-order valence-corrected chi connectivity index (χ0v) is 13.9. The maximum atomic E-state index is 12.4. The summed E-state index contributed by atoms with van der Waals surface area (Å²) in [6, 6.07) is 5.94. The largest absolute Gasteiger partial charge is 0.468 e. The van der Waals surface area contributed by atoms with Crippen LogP contribution in [0.25, 0.3) is 0 Å². The van der Waals surface area contributed by atoms with E-state index in [1.807, 2.05) is 0 Å². The molecule has 0 atom stereocenters. The van der Waals surface area contributed by atoms with Gasteiger partial charge in [0.15, 0.2) is 0 Å². The molecule has 1 amide bonds. The average molecular weight is 337 g/mol. The summed E-state index contributed by atoms with van der Waals surface area (Å²) in [5.74, 6) is -5.03. The van der Waals surface area contributed by atoms with Gasteiger partial charge in [-0.1, -0.05) is 0 Å². The number of methoxy groups -OCH3 is 2. The van der Waals surface area contributed by atoms with Crippen LogP contribution in [0.1, 0.15) is 17.3 Å². The fraction of sp³-hybridized carbons (Fsp3) is 0.375. The Kier molecular flexibility index (Phi) is 6.91. The van der Waals surface area contributed by atoms with Crippen LogP contribution in [0.15, 0.2) is 24.3 Å². The third kappa shape index (κ3) is 4.31. The van der Waals surface area contributed by atoms with E-state index >= 15 is 0 Å². The number of benzene rings is 1. The molecule has 130 valence electrons. The smallest absolute Gasteiger partial charge is 0.338 e. The molecule has 0 saturated heterocycles. The van der Waals surface area contributed by atoms with Gasteiger partial charge in [-0.2, -0.15) is 0 Å². The Balaban J connectivity index is 3.00. The second-order valence-electron chi connectivity index (χ2n) is 4.64. The van der Waals surface area contributed by atoms with Gasteiger partial charge < -0.3 is 19.1 Å². The van der Waals surface area contributed by atoms with E-state index in [-0.39, 0.29) is 6.61 Å². The molecule has 0 aliphatic carbocycles. The van der Waals surface area contributed by atoms with Crippen molar-refractivity contribution >= 4 is 29.5 Å². The monoisotopic (exact) mass is 337 g/mol. The van der Waals surface area contributed by atoms with Crippen molar-refractivity contribution in [2.45, 2.75) is 6.92 Å². The number of nitrogens with zero attached hydrogens (tertiary/aromatic N) is 1. The molecule has 0 radical (unpaired) electrons. The maximum Gasteiger partial charge on any atom is 0.338 e. The Hall–Kier alpha value is -2.90. The highest BCUT2D eigenvalue weighted by molar-refractivity contribution is 6.18. The second kappa shape index (κ2) is 8.66. The Bertz CT molecular complexity index is 608. The molecule has 8 heteroatoms. The van der Waals surface area contributed by atoms with E-state index in [0.717, 1.165) is 19.1 Å². The molecule has 1 rings (SSSR count). The number of amides is 1. The minimum atomic E-state index is -1.71.